The average Bonchev–Trinajstić information content (AvgIpc) is 3.16. The number of benzene rings is 2. The summed E-state index contributed by atoms with van der Waals surface area (Å²) in [4.78, 5) is 16.1. The van der Waals surface area contributed by atoms with E-state index in [1.165, 1.54) is 12.3 Å². The van der Waals surface area contributed by atoms with Crippen molar-refractivity contribution in [3.63, 3.8) is 0 Å². The number of hydrogen-bond donors (Lipinski definition) is 0. The molecule has 0 unspecified atom stereocenters. The summed E-state index contributed by atoms with van der Waals surface area (Å²) in [5.74, 6) is -0.441. The second-order valence-corrected chi connectivity index (χ2v) is 8.64. The topological polar surface area (TPSA) is 57.7 Å². The first kappa shape index (κ1) is 17.1. The predicted molar refractivity (Wildman–Crippen MR) is 101 cm³/mol. The number of nitrogens with zero attached hydrogens (tertiary/aromatic N) is 2. The van der Waals surface area contributed by atoms with Gasteiger partial charge in [-0.3, -0.25) is 4.79 Å². The fourth-order valence-corrected chi connectivity index (χ4v) is 5.07. The molecule has 134 valence electrons. The van der Waals surface area contributed by atoms with Gasteiger partial charge in [-0.2, -0.15) is 0 Å². The Balaban J connectivity index is 1.89. The molecule has 2 aliphatic heterocycles. The molecule has 0 atom stereocenters. The number of carbonyl (C=O) groups excluding carboxylic acids is 1. The van der Waals surface area contributed by atoms with Crippen molar-refractivity contribution in [1.29, 1.82) is 0 Å². The van der Waals surface area contributed by atoms with Crippen LogP contribution in [-0.2, 0) is 14.6 Å². The molecule has 0 aliphatic carbocycles. The highest BCUT2D eigenvalue weighted by molar-refractivity contribution is 7.96. The van der Waals surface area contributed by atoms with E-state index in [-0.39, 0.29) is 9.80 Å². The number of halogens is 1. The molecule has 0 bridgehead atoms. The fraction of sp³-hybridized carbons (Fsp3) is 0.211. The molecule has 2 heterocycles. The van der Waals surface area contributed by atoms with Crippen LogP contribution >= 0.6 is 11.6 Å². The first-order valence-corrected chi connectivity index (χ1v) is 10.2. The lowest BCUT2D eigenvalue weighted by Crippen LogP contribution is -2.35. The maximum absolute atomic E-state index is 13.1. The van der Waals surface area contributed by atoms with Crippen LogP contribution in [0.15, 0.2) is 64.5 Å². The van der Waals surface area contributed by atoms with Gasteiger partial charge < -0.3 is 9.80 Å². The Morgan fingerprint density at radius 3 is 2.46 bits per heavy atom. The Morgan fingerprint density at radius 2 is 1.73 bits per heavy atom. The van der Waals surface area contributed by atoms with Gasteiger partial charge in [0.2, 0.25) is 9.84 Å². The van der Waals surface area contributed by atoms with E-state index in [0.29, 0.717) is 29.5 Å². The highest BCUT2D eigenvalue weighted by Gasteiger charge is 2.38. The molecule has 2 aromatic carbocycles. The number of hydrogen-bond acceptors (Lipinski definition) is 4. The van der Waals surface area contributed by atoms with Crippen molar-refractivity contribution in [2.75, 3.05) is 18.0 Å². The maximum Gasteiger partial charge on any atom is 0.267 e. The Bertz CT molecular complexity index is 1010. The summed E-state index contributed by atoms with van der Waals surface area (Å²) in [6.45, 7) is 1.18. The third-order valence-electron chi connectivity index (χ3n) is 4.64. The van der Waals surface area contributed by atoms with E-state index in [9.17, 15) is 13.2 Å². The molecule has 1 amide bonds. The summed E-state index contributed by atoms with van der Waals surface area (Å²) in [5.41, 5.74) is 1.21. The molecule has 5 nitrogen and oxygen atoms in total. The summed E-state index contributed by atoms with van der Waals surface area (Å²) in [7, 11) is -3.88. The summed E-state index contributed by atoms with van der Waals surface area (Å²) in [6.07, 6.45) is 3.21. The van der Waals surface area contributed by atoms with E-state index < -0.39 is 15.7 Å². The highest BCUT2D eigenvalue weighted by Crippen LogP contribution is 2.40. The first-order chi connectivity index (χ1) is 12.5. The smallest absolute Gasteiger partial charge is 0.267 e. The van der Waals surface area contributed by atoms with Crippen molar-refractivity contribution in [2.24, 2.45) is 0 Å². The van der Waals surface area contributed by atoms with Crippen LogP contribution in [-0.4, -0.2) is 32.3 Å². The van der Waals surface area contributed by atoms with Crippen LogP contribution in [0.2, 0.25) is 5.02 Å². The Hall–Kier alpha value is -2.31. The van der Waals surface area contributed by atoms with Crippen LogP contribution in [0.5, 0.6) is 0 Å². The Morgan fingerprint density at radius 1 is 1.00 bits per heavy atom. The largest absolute Gasteiger partial charge is 0.338 e. The first-order valence-electron chi connectivity index (χ1n) is 8.38. The molecule has 4 rings (SSSR count). The zero-order valence-corrected chi connectivity index (χ0v) is 15.5. The second kappa shape index (κ2) is 6.45. The minimum Gasteiger partial charge on any atom is -0.338 e. The average molecular weight is 389 g/mol. The summed E-state index contributed by atoms with van der Waals surface area (Å²) in [6, 6.07) is 13.8. The Kier molecular flexibility index (Phi) is 4.25. The van der Waals surface area contributed by atoms with Crippen LogP contribution < -0.4 is 4.90 Å². The Labute approximate surface area is 157 Å². The van der Waals surface area contributed by atoms with Crippen LogP contribution in [0.1, 0.15) is 12.8 Å². The molecule has 0 N–H and O–H groups in total. The number of para-hydroxylation sites is 1. The summed E-state index contributed by atoms with van der Waals surface area (Å²) < 4.78 is 26.2. The van der Waals surface area contributed by atoms with Crippen molar-refractivity contribution in [3.05, 3.63) is 64.7 Å². The van der Waals surface area contributed by atoms with E-state index in [0.717, 1.165) is 12.8 Å². The van der Waals surface area contributed by atoms with Gasteiger partial charge in [-0.15, -0.1) is 0 Å². The van der Waals surface area contributed by atoms with E-state index in [1.54, 1.807) is 46.2 Å². The van der Waals surface area contributed by atoms with Gasteiger partial charge >= 0.3 is 0 Å². The minimum atomic E-state index is -3.88. The lowest BCUT2D eigenvalue weighted by Gasteiger charge is -2.30. The molecule has 0 aromatic heterocycles. The number of amides is 1. The third-order valence-corrected chi connectivity index (χ3v) is 6.66. The zero-order valence-electron chi connectivity index (χ0n) is 13.9. The summed E-state index contributed by atoms with van der Waals surface area (Å²) in [5, 5.41) is 0.536. The maximum atomic E-state index is 13.1. The number of carbonyl (C=O) groups is 1. The molecule has 2 aromatic rings. The monoisotopic (exact) mass is 388 g/mol. The normalized spacial score (nSPS) is 18.4. The van der Waals surface area contributed by atoms with Crippen LogP contribution in [0, 0.1) is 0 Å². The van der Waals surface area contributed by atoms with Crippen molar-refractivity contribution in [3.8, 4) is 0 Å². The van der Waals surface area contributed by atoms with E-state index in [1.807, 2.05) is 6.07 Å². The molecule has 7 heteroatoms. The number of fused-ring (bicyclic) bond motifs is 1. The fourth-order valence-electron chi connectivity index (χ4n) is 3.34. The minimum absolute atomic E-state index is 0.130. The molecule has 26 heavy (non-hydrogen) atoms. The van der Waals surface area contributed by atoms with Gasteiger partial charge in [-0.1, -0.05) is 29.8 Å². The van der Waals surface area contributed by atoms with Gasteiger partial charge in [0, 0.05) is 30.0 Å². The number of anilines is 2. The molecule has 0 radical (unpaired) electrons. The van der Waals surface area contributed by atoms with Gasteiger partial charge in [0.05, 0.1) is 10.6 Å². The van der Waals surface area contributed by atoms with Crippen LogP contribution in [0.3, 0.4) is 0 Å². The van der Waals surface area contributed by atoms with Crippen molar-refractivity contribution in [1.82, 2.24) is 4.90 Å². The molecule has 2 aliphatic rings. The lowest BCUT2D eigenvalue weighted by atomic mass is 10.2. The number of likely N-dealkylation sites (tertiary alicyclic amines) is 1. The van der Waals surface area contributed by atoms with Crippen molar-refractivity contribution in [2.45, 2.75) is 17.7 Å². The third kappa shape index (κ3) is 2.79. The van der Waals surface area contributed by atoms with Gasteiger partial charge in [0.1, 0.15) is 0 Å². The standard InChI is InChI=1S/C19H17ClN2O3S/c20-14-6-5-7-15(12-14)22-13-18(19(23)21-10-3-4-11-21)26(24,25)17-9-2-1-8-16(17)22/h1-2,5-9,12-13H,3-4,10-11H2. The van der Waals surface area contributed by atoms with E-state index in [2.05, 4.69) is 0 Å². The van der Waals surface area contributed by atoms with Gasteiger partial charge in [-0.05, 0) is 43.2 Å². The van der Waals surface area contributed by atoms with Gasteiger partial charge in [0.25, 0.3) is 5.91 Å². The lowest BCUT2D eigenvalue weighted by molar-refractivity contribution is -0.125. The zero-order chi connectivity index (χ0) is 18.3. The molecule has 1 fully saturated rings. The molecular formula is C19H17ClN2O3S. The summed E-state index contributed by atoms with van der Waals surface area (Å²) >= 11 is 6.11. The highest BCUT2D eigenvalue weighted by atomic mass is 35.5. The molecular weight excluding hydrogens is 372 g/mol. The number of rotatable bonds is 2. The van der Waals surface area contributed by atoms with Gasteiger partial charge in [-0.25, -0.2) is 8.42 Å². The van der Waals surface area contributed by atoms with E-state index in [4.69, 9.17) is 11.6 Å². The molecule has 0 spiro atoms. The van der Waals surface area contributed by atoms with Gasteiger partial charge in [0.15, 0.2) is 4.91 Å². The van der Waals surface area contributed by atoms with Crippen LogP contribution in [0.25, 0.3) is 0 Å². The number of sulfone groups is 1. The van der Waals surface area contributed by atoms with E-state index >= 15 is 0 Å². The molecule has 1 saturated heterocycles. The quantitative estimate of drug-likeness (QED) is 0.786. The second-order valence-electron chi connectivity index (χ2n) is 6.31. The van der Waals surface area contributed by atoms with Crippen molar-refractivity contribution >= 4 is 38.7 Å². The predicted octanol–water partition coefficient (Wildman–Crippen LogP) is 3.73. The van der Waals surface area contributed by atoms with Crippen molar-refractivity contribution < 1.29 is 13.2 Å². The van der Waals surface area contributed by atoms with Crippen LogP contribution in [0.4, 0.5) is 11.4 Å². The molecule has 0 saturated carbocycles. The SMILES string of the molecule is O=C(C1=CN(c2cccc(Cl)c2)c2ccccc2S1(=O)=O)N1CCCC1.